The Morgan fingerprint density at radius 2 is 2.24 bits per heavy atom. The van der Waals surface area contributed by atoms with Crippen LogP contribution < -0.4 is 0 Å². The molecule has 1 aromatic carbocycles. The lowest BCUT2D eigenvalue weighted by Gasteiger charge is -2.28. The van der Waals surface area contributed by atoms with Crippen LogP contribution in [0.25, 0.3) is 0 Å². The first-order valence-electron chi connectivity index (χ1n) is 7.72. The van der Waals surface area contributed by atoms with Crippen LogP contribution in [-0.2, 0) is 11.3 Å². The standard InChI is InChI=1S/C18H23FO2/c1-2-14-5-3-7-17(12-14)21-13-15-8-9-18(19)16(11-15)6-4-10-20/h8-9,11,14,17,20H,2-3,5,7,10,12-13H2,1H3. The van der Waals surface area contributed by atoms with Crippen molar-refractivity contribution in [1.82, 2.24) is 0 Å². The molecular weight excluding hydrogens is 267 g/mol. The van der Waals surface area contributed by atoms with Crippen molar-refractivity contribution in [3.05, 3.63) is 35.1 Å². The second kappa shape index (κ2) is 8.17. The molecule has 0 radical (unpaired) electrons. The second-order valence-electron chi connectivity index (χ2n) is 5.65. The van der Waals surface area contributed by atoms with Crippen molar-refractivity contribution in [3.8, 4) is 11.8 Å². The highest BCUT2D eigenvalue weighted by molar-refractivity contribution is 5.38. The first-order valence-corrected chi connectivity index (χ1v) is 7.72. The van der Waals surface area contributed by atoms with Gasteiger partial charge in [-0.3, -0.25) is 0 Å². The molecule has 0 saturated heterocycles. The van der Waals surface area contributed by atoms with Gasteiger partial charge in [-0.05, 0) is 36.5 Å². The third kappa shape index (κ3) is 4.84. The summed E-state index contributed by atoms with van der Waals surface area (Å²) >= 11 is 0. The van der Waals surface area contributed by atoms with Gasteiger partial charge >= 0.3 is 0 Å². The summed E-state index contributed by atoms with van der Waals surface area (Å²) in [5.41, 5.74) is 1.25. The van der Waals surface area contributed by atoms with Crippen LogP contribution >= 0.6 is 0 Å². The zero-order chi connectivity index (χ0) is 15.1. The summed E-state index contributed by atoms with van der Waals surface area (Å²) < 4.78 is 19.5. The molecular formula is C18H23FO2. The number of aliphatic hydroxyl groups excluding tert-OH is 1. The molecule has 1 aliphatic rings. The molecule has 2 atom stereocenters. The quantitative estimate of drug-likeness (QED) is 0.858. The third-order valence-corrected chi connectivity index (χ3v) is 4.13. The summed E-state index contributed by atoms with van der Waals surface area (Å²) in [4.78, 5) is 0. The van der Waals surface area contributed by atoms with Crippen LogP contribution in [0, 0.1) is 23.6 Å². The summed E-state index contributed by atoms with van der Waals surface area (Å²) in [6.07, 6.45) is 6.34. The lowest BCUT2D eigenvalue weighted by molar-refractivity contribution is 0.00174. The maximum atomic E-state index is 13.6. The van der Waals surface area contributed by atoms with E-state index in [2.05, 4.69) is 18.8 Å². The molecule has 2 unspecified atom stereocenters. The normalized spacial score (nSPS) is 21.7. The van der Waals surface area contributed by atoms with E-state index in [0.717, 1.165) is 24.3 Å². The number of rotatable bonds is 4. The van der Waals surface area contributed by atoms with Crippen molar-refractivity contribution in [2.75, 3.05) is 6.61 Å². The van der Waals surface area contributed by atoms with Gasteiger partial charge in [0.05, 0.1) is 18.3 Å². The summed E-state index contributed by atoms with van der Waals surface area (Å²) in [5, 5.41) is 8.69. The Kier molecular flexibility index (Phi) is 6.22. The van der Waals surface area contributed by atoms with Crippen molar-refractivity contribution in [2.24, 2.45) is 5.92 Å². The van der Waals surface area contributed by atoms with Crippen LogP contribution in [0.15, 0.2) is 18.2 Å². The summed E-state index contributed by atoms with van der Waals surface area (Å²) in [6.45, 7) is 2.47. The van der Waals surface area contributed by atoms with Crippen LogP contribution in [0.1, 0.15) is 50.2 Å². The van der Waals surface area contributed by atoms with E-state index >= 15 is 0 Å². The molecule has 2 rings (SSSR count). The fourth-order valence-electron chi connectivity index (χ4n) is 2.87. The molecule has 0 heterocycles. The van der Waals surface area contributed by atoms with E-state index in [1.54, 1.807) is 12.1 Å². The van der Waals surface area contributed by atoms with Crippen LogP contribution in [0.4, 0.5) is 4.39 Å². The smallest absolute Gasteiger partial charge is 0.138 e. The third-order valence-electron chi connectivity index (χ3n) is 4.13. The maximum absolute atomic E-state index is 13.6. The number of hydrogen-bond donors (Lipinski definition) is 1. The van der Waals surface area contributed by atoms with E-state index in [4.69, 9.17) is 9.84 Å². The molecule has 0 amide bonds. The average Bonchev–Trinajstić information content (AvgIpc) is 2.53. The van der Waals surface area contributed by atoms with Gasteiger partial charge in [0.1, 0.15) is 12.4 Å². The number of benzene rings is 1. The fourth-order valence-corrected chi connectivity index (χ4v) is 2.87. The molecule has 1 fully saturated rings. The van der Waals surface area contributed by atoms with Gasteiger partial charge in [-0.1, -0.05) is 44.1 Å². The molecule has 1 N–H and O–H groups in total. The first kappa shape index (κ1) is 16.0. The largest absolute Gasteiger partial charge is 0.384 e. The van der Waals surface area contributed by atoms with Gasteiger partial charge in [0.15, 0.2) is 0 Å². The molecule has 114 valence electrons. The summed E-state index contributed by atoms with van der Waals surface area (Å²) in [5.74, 6) is 5.53. The number of aliphatic hydroxyl groups is 1. The van der Waals surface area contributed by atoms with E-state index in [1.807, 2.05) is 0 Å². The van der Waals surface area contributed by atoms with Crippen LogP contribution in [0.2, 0.25) is 0 Å². The molecule has 3 heteroatoms. The van der Waals surface area contributed by atoms with Crippen molar-refractivity contribution >= 4 is 0 Å². The highest BCUT2D eigenvalue weighted by atomic mass is 19.1. The van der Waals surface area contributed by atoms with E-state index < -0.39 is 0 Å². The zero-order valence-electron chi connectivity index (χ0n) is 12.6. The Morgan fingerprint density at radius 1 is 1.38 bits per heavy atom. The second-order valence-corrected chi connectivity index (χ2v) is 5.65. The molecule has 0 bridgehead atoms. The van der Waals surface area contributed by atoms with Crippen LogP contribution in [0.5, 0.6) is 0 Å². The van der Waals surface area contributed by atoms with Gasteiger partial charge in [0, 0.05) is 0 Å². The van der Waals surface area contributed by atoms with Crippen LogP contribution in [0.3, 0.4) is 0 Å². The Hall–Kier alpha value is -1.37. The van der Waals surface area contributed by atoms with Crippen molar-refractivity contribution in [3.63, 3.8) is 0 Å². The van der Waals surface area contributed by atoms with Crippen molar-refractivity contribution in [2.45, 2.75) is 51.7 Å². The maximum Gasteiger partial charge on any atom is 0.138 e. The fraction of sp³-hybridized carbons (Fsp3) is 0.556. The molecule has 2 nitrogen and oxygen atoms in total. The Balaban J connectivity index is 1.93. The molecule has 1 aliphatic carbocycles. The molecule has 0 aliphatic heterocycles. The predicted octanol–water partition coefficient (Wildman–Crippen LogP) is 3.65. The molecule has 1 saturated carbocycles. The lowest BCUT2D eigenvalue weighted by atomic mass is 9.85. The minimum absolute atomic E-state index is 0.263. The minimum atomic E-state index is -0.358. The Bertz CT molecular complexity index is 516. The summed E-state index contributed by atoms with van der Waals surface area (Å²) in [6, 6.07) is 4.85. The highest BCUT2D eigenvalue weighted by Gasteiger charge is 2.21. The minimum Gasteiger partial charge on any atom is -0.384 e. The first-order chi connectivity index (χ1) is 10.2. The average molecular weight is 290 g/mol. The Morgan fingerprint density at radius 3 is 3.00 bits per heavy atom. The lowest BCUT2D eigenvalue weighted by Crippen LogP contribution is -2.22. The van der Waals surface area contributed by atoms with E-state index in [-0.39, 0.29) is 12.4 Å². The molecule has 0 spiro atoms. The number of halogens is 1. The van der Waals surface area contributed by atoms with E-state index in [0.29, 0.717) is 18.3 Å². The van der Waals surface area contributed by atoms with Gasteiger partial charge < -0.3 is 9.84 Å². The number of ether oxygens (including phenoxy) is 1. The van der Waals surface area contributed by atoms with Gasteiger partial charge in [0.25, 0.3) is 0 Å². The topological polar surface area (TPSA) is 29.5 Å². The summed E-state index contributed by atoms with van der Waals surface area (Å²) in [7, 11) is 0. The SMILES string of the molecule is CCC1CCCC(OCc2ccc(F)c(C#CCO)c2)C1. The van der Waals surface area contributed by atoms with Gasteiger partial charge in [-0.15, -0.1) is 0 Å². The monoisotopic (exact) mass is 290 g/mol. The van der Waals surface area contributed by atoms with Crippen LogP contribution in [-0.4, -0.2) is 17.8 Å². The van der Waals surface area contributed by atoms with Gasteiger partial charge in [-0.25, -0.2) is 4.39 Å². The van der Waals surface area contributed by atoms with Crippen molar-refractivity contribution < 1.29 is 14.2 Å². The molecule has 0 aromatic heterocycles. The van der Waals surface area contributed by atoms with E-state index in [9.17, 15) is 4.39 Å². The van der Waals surface area contributed by atoms with E-state index in [1.165, 1.54) is 25.3 Å². The zero-order valence-corrected chi connectivity index (χ0v) is 12.6. The highest BCUT2D eigenvalue weighted by Crippen LogP contribution is 2.29. The van der Waals surface area contributed by atoms with Crippen molar-refractivity contribution in [1.29, 1.82) is 0 Å². The van der Waals surface area contributed by atoms with Gasteiger partial charge in [0.2, 0.25) is 0 Å². The van der Waals surface area contributed by atoms with Gasteiger partial charge in [-0.2, -0.15) is 0 Å². The molecule has 21 heavy (non-hydrogen) atoms. The predicted molar refractivity (Wildman–Crippen MR) is 81.2 cm³/mol. The Labute approximate surface area is 126 Å². The number of hydrogen-bond acceptors (Lipinski definition) is 2. The molecule has 1 aromatic rings.